The van der Waals surface area contributed by atoms with E-state index in [1.807, 2.05) is 30.9 Å². The van der Waals surface area contributed by atoms with Crippen LogP contribution in [0.25, 0.3) is 0 Å². The molecule has 1 aromatic carbocycles. The third-order valence-electron chi connectivity index (χ3n) is 4.29. The van der Waals surface area contributed by atoms with Crippen LogP contribution in [0.4, 0.5) is 0 Å². The van der Waals surface area contributed by atoms with Gasteiger partial charge in [0.05, 0.1) is 0 Å². The second kappa shape index (κ2) is 7.62. The van der Waals surface area contributed by atoms with Crippen LogP contribution in [0.5, 0.6) is 0 Å². The van der Waals surface area contributed by atoms with Crippen LogP contribution in [0.15, 0.2) is 24.3 Å². The van der Waals surface area contributed by atoms with E-state index in [9.17, 15) is 9.59 Å². The van der Waals surface area contributed by atoms with E-state index < -0.39 is 6.04 Å². The molecule has 0 bridgehead atoms. The quantitative estimate of drug-likeness (QED) is 0.908. The number of carbonyl (C=O) groups is 2. The molecule has 23 heavy (non-hydrogen) atoms. The zero-order valence-corrected chi connectivity index (χ0v) is 14.6. The molecule has 0 spiro atoms. The minimum Gasteiger partial charge on any atom is -0.344 e. The van der Waals surface area contributed by atoms with Gasteiger partial charge in [-0.05, 0) is 29.9 Å². The molecule has 0 radical (unpaired) electrons. The first-order chi connectivity index (χ1) is 10.9. The van der Waals surface area contributed by atoms with E-state index >= 15 is 0 Å². The first-order valence-electron chi connectivity index (χ1n) is 8.54. The van der Waals surface area contributed by atoms with E-state index in [0.717, 1.165) is 13.0 Å². The molecular weight excluding hydrogens is 288 g/mol. The van der Waals surface area contributed by atoms with Gasteiger partial charge in [0.1, 0.15) is 6.04 Å². The fourth-order valence-electron chi connectivity index (χ4n) is 2.94. The van der Waals surface area contributed by atoms with Crippen molar-refractivity contribution in [3.8, 4) is 0 Å². The van der Waals surface area contributed by atoms with Crippen molar-refractivity contribution in [2.24, 2.45) is 11.8 Å². The lowest BCUT2D eigenvalue weighted by Gasteiger charge is -2.33. The summed E-state index contributed by atoms with van der Waals surface area (Å²) in [5, 5.41) is 2.94. The van der Waals surface area contributed by atoms with Gasteiger partial charge >= 0.3 is 0 Å². The van der Waals surface area contributed by atoms with Gasteiger partial charge in [0, 0.05) is 19.0 Å². The Morgan fingerprint density at radius 3 is 2.39 bits per heavy atom. The maximum Gasteiger partial charge on any atom is 0.245 e. The highest BCUT2D eigenvalue weighted by Crippen LogP contribution is 2.20. The number of nitrogens with zero attached hydrogens (tertiary/aromatic N) is 1. The van der Waals surface area contributed by atoms with Gasteiger partial charge in [-0.1, -0.05) is 52.0 Å². The first-order valence-corrected chi connectivity index (χ1v) is 8.54. The Morgan fingerprint density at radius 2 is 1.78 bits per heavy atom. The molecule has 1 atom stereocenters. The van der Waals surface area contributed by atoms with Gasteiger partial charge in [-0.3, -0.25) is 9.59 Å². The number of carbonyl (C=O) groups excluding carboxylic acids is 2. The largest absolute Gasteiger partial charge is 0.344 e. The molecule has 2 rings (SSSR count). The summed E-state index contributed by atoms with van der Waals surface area (Å²) in [6.45, 7) is 9.22. The number of nitrogens with one attached hydrogen (secondary N) is 1. The fourth-order valence-corrected chi connectivity index (χ4v) is 2.94. The zero-order chi connectivity index (χ0) is 17.0. The Kier molecular flexibility index (Phi) is 5.80. The monoisotopic (exact) mass is 316 g/mol. The van der Waals surface area contributed by atoms with Crippen LogP contribution < -0.4 is 5.32 Å². The fraction of sp³-hybridized carbons (Fsp3) is 0.579. The van der Waals surface area contributed by atoms with Crippen molar-refractivity contribution in [3.63, 3.8) is 0 Å². The summed E-state index contributed by atoms with van der Waals surface area (Å²) in [6, 6.07) is 7.84. The maximum absolute atomic E-state index is 12.9. The van der Waals surface area contributed by atoms with Gasteiger partial charge in [0.15, 0.2) is 0 Å². The van der Waals surface area contributed by atoms with Crippen LogP contribution in [0.2, 0.25) is 0 Å². The van der Waals surface area contributed by atoms with Crippen molar-refractivity contribution >= 4 is 11.8 Å². The number of hydrogen-bond donors (Lipinski definition) is 1. The number of rotatable bonds is 5. The Hall–Kier alpha value is -1.84. The molecule has 0 unspecified atom stereocenters. The minimum absolute atomic E-state index is 0.0437. The Bertz CT molecular complexity index is 566. The van der Waals surface area contributed by atoms with Crippen LogP contribution in [-0.4, -0.2) is 29.3 Å². The van der Waals surface area contributed by atoms with Crippen LogP contribution in [0.3, 0.4) is 0 Å². The third-order valence-corrected chi connectivity index (χ3v) is 4.29. The zero-order valence-electron chi connectivity index (χ0n) is 14.6. The molecule has 1 heterocycles. The third kappa shape index (κ3) is 4.57. The maximum atomic E-state index is 12.9. The Morgan fingerprint density at radius 1 is 1.13 bits per heavy atom. The van der Waals surface area contributed by atoms with Crippen molar-refractivity contribution < 1.29 is 9.59 Å². The van der Waals surface area contributed by atoms with Crippen molar-refractivity contribution in [1.29, 1.82) is 0 Å². The molecule has 0 saturated heterocycles. The highest BCUT2D eigenvalue weighted by molar-refractivity contribution is 5.88. The molecule has 4 nitrogen and oxygen atoms in total. The van der Waals surface area contributed by atoms with E-state index in [1.165, 1.54) is 11.1 Å². The van der Waals surface area contributed by atoms with Crippen molar-refractivity contribution in [3.05, 3.63) is 35.4 Å². The van der Waals surface area contributed by atoms with Gasteiger partial charge in [0.2, 0.25) is 11.8 Å². The van der Waals surface area contributed by atoms with E-state index in [-0.39, 0.29) is 17.7 Å². The Labute approximate surface area is 139 Å². The highest BCUT2D eigenvalue weighted by Gasteiger charge is 2.29. The van der Waals surface area contributed by atoms with Crippen molar-refractivity contribution in [1.82, 2.24) is 10.2 Å². The summed E-state index contributed by atoms with van der Waals surface area (Å²) >= 11 is 0. The Balaban J connectivity index is 2.09. The van der Waals surface area contributed by atoms with E-state index in [4.69, 9.17) is 0 Å². The first kappa shape index (κ1) is 17.5. The lowest BCUT2D eigenvalue weighted by atomic mass is 9.97. The molecule has 0 fully saturated rings. The molecule has 0 saturated carbocycles. The molecule has 1 aliphatic rings. The number of benzene rings is 1. The molecular formula is C19H28N2O2. The number of hydrogen-bond acceptors (Lipinski definition) is 2. The minimum atomic E-state index is -0.421. The second-order valence-electron chi connectivity index (χ2n) is 7.12. The van der Waals surface area contributed by atoms with E-state index in [0.29, 0.717) is 18.9 Å². The predicted molar refractivity (Wildman–Crippen MR) is 91.8 cm³/mol. The SMILES string of the molecule is CC(C)C[C@H](NC(=O)C(C)C)C(=O)N1CCc2ccccc2C1. The molecule has 1 aromatic rings. The second-order valence-corrected chi connectivity index (χ2v) is 7.12. The summed E-state index contributed by atoms with van der Waals surface area (Å²) in [7, 11) is 0. The van der Waals surface area contributed by atoms with Crippen LogP contribution in [-0.2, 0) is 22.6 Å². The average molecular weight is 316 g/mol. The summed E-state index contributed by atoms with van der Waals surface area (Å²) in [5.74, 6) is 0.233. The lowest BCUT2D eigenvalue weighted by Crippen LogP contribution is -2.51. The molecule has 4 heteroatoms. The van der Waals surface area contributed by atoms with Gasteiger partial charge in [-0.25, -0.2) is 0 Å². The van der Waals surface area contributed by atoms with E-state index in [2.05, 4.69) is 31.3 Å². The highest BCUT2D eigenvalue weighted by atomic mass is 16.2. The standard InChI is InChI=1S/C19H28N2O2/c1-13(2)11-17(20-18(22)14(3)4)19(23)21-10-9-15-7-5-6-8-16(15)12-21/h5-8,13-14,17H,9-12H2,1-4H3,(H,20,22)/t17-/m0/s1. The average Bonchev–Trinajstić information content (AvgIpc) is 2.52. The van der Waals surface area contributed by atoms with Gasteiger partial charge in [0.25, 0.3) is 0 Å². The summed E-state index contributed by atoms with van der Waals surface area (Å²) in [4.78, 5) is 26.8. The van der Waals surface area contributed by atoms with Crippen LogP contribution in [0, 0.1) is 11.8 Å². The van der Waals surface area contributed by atoms with Crippen molar-refractivity contribution in [2.45, 2.75) is 53.1 Å². The van der Waals surface area contributed by atoms with E-state index in [1.54, 1.807) is 0 Å². The number of fused-ring (bicyclic) bond motifs is 1. The van der Waals surface area contributed by atoms with Gasteiger partial charge in [-0.2, -0.15) is 0 Å². The normalized spacial score (nSPS) is 15.5. The lowest BCUT2D eigenvalue weighted by molar-refractivity contribution is -0.138. The van der Waals surface area contributed by atoms with Gasteiger partial charge < -0.3 is 10.2 Å². The smallest absolute Gasteiger partial charge is 0.245 e. The summed E-state index contributed by atoms with van der Waals surface area (Å²) in [6.07, 6.45) is 1.56. The molecule has 2 amide bonds. The summed E-state index contributed by atoms with van der Waals surface area (Å²) < 4.78 is 0. The van der Waals surface area contributed by atoms with Crippen LogP contribution in [0.1, 0.15) is 45.2 Å². The topological polar surface area (TPSA) is 49.4 Å². The molecule has 1 N–H and O–H groups in total. The van der Waals surface area contributed by atoms with Gasteiger partial charge in [-0.15, -0.1) is 0 Å². The summed E-state index contributed by atoms with van der Waals surface area (Å²) in [5.41, 5.74) is 2.54. The molecule has 0 aliphatic carbocycles. The van der Waals surface area contributed by atoms with Crippen molar-refractivity contribution in [2.75, 3.05) is 6.54 Å². The molecule has 1 aliphatic heterocycles. The predicted octanol–water partition coefficient (Wildman–Crippen LogP) is 2.76. The van der Waals surface area contributed by atoms with Crippen LogP contribution >= 0.6 is 0 Å². The molecule has 126 valence electrons. The molecule has 0 aromatic heterocycles. The number of amides is 2.